The van der Waals surface area contributed by atoms with Gasteiger partial charge in [0.15, 0.2) is 5.82 Å². The van der Waals surface area contributed by atoms with Gasteiger partial charge in [0, 0.05) is 21.0 Å². The highest BCUT2D eigenvalue weighted by Crippen LogP contribution is 2.46. The third-order valence-corrected chi connectivity index (χ3v) is 4.85. The standard InChI is InChI=1S/C14H13N3O2S/c1-6-3-4-9(20-6)12-10-7(2)16-17-13(10)15-8-5-19-14(18)11(8)12/h3-4,12H,5H2,1-2H3,(H2,15,16,17). The number of H-pyrrole nitrogens is 1. The average molecular weight is 287 g/mol. The van der Waals surface area contributed by atoms with Crippen LogP contribution in [0.3, 0.4) is 0 Å². The Morgan fingerprint density at radius 2 is 2.25 bits per heavy atom. The summed E-state index contributed by atoms with van der Waals surface area (Å²) in [6.45, 7) is 4.35. The number of ether oxygens (including phenoxy) is 1. The minimum Gasteiger partial charge on any atom is -0.456 e. The molecule has 2 aromatic rings. The van der Waals surface area contributed by atoms with Crippen LogP contribution in [0.25, 0.3) is 0 Å². The molecule has 2 aromatic heterocycles. The van der Waals surface area contributed by atoms with Crippen LogP contribution < -0.4 is 5.32 Å². The third kappa shape index (κ3) is 1.48. The first kappa shape index (κ1) is 11.7. The number of anilines is 1. The van der Waals surface area contributed by atoms with E-state index in [4.69, 9.17) is 4.74 Å². The van der Waals surface area contributed by atoms with E-state index < -0.39 is 0 Å². The molecule has 2 aliphatic rings. The van der Waals surface area contributed by atoms with E-state index >= 15 is 0 Å². The van der Waals surface area contributed by atoms with E-state index in [2.05, 4.69) is 34.6 Å². The Morgan fingerprint density at radius 1 is 1.40 bits per heavy atom. The van der Waals surface area contributed by atoms with Gasteiger partial charge in [-0.3, -0.25) is 5.10 Å². The van der Waals surface area contributed by atoms with Crippen LogP contribution >= 0.6 is 11.3 Å². The molecule has 102 valence electrons. The molecule has 0 amide bonds. The first-order valence-electron chi connectivity index (χ1n) is 6.43. The summed E-state index contributed by atoms with van der Waals surface area (Å²) in [5.41, 5.74) is 3.59. The number of hydrogen-bond donors (Lipinski definition) is 2. The van der Waals surface area contributed by atoms with Crippen molar-refractivity contribution < 1.29 is 9.53 Å². The Hall–Kier alpha value is -2.08. The molecule has 4 heterocycles. The lowest BCUT2D eigenvalue weighted by atomic mass is 9.86. The fraction of sp³-hybridized carbons (Fsp3) is 0.286. The van der Waals surface area contributed by atoms with Crippen LogP contribution in [0.1, 0.15) is 26.9 Å². The van der Waals surface area contributed by atoms with E-state index in [1.165, 1.54) is 4.88 Å². The molecule has 2 N–H and O–H groups in total. The Labute approximate surface area is 119 Å². The van der Waals surface area contributed by atoms with E-state index in [1.54, 1.807) is 11.3 Å². The molecule has 20 heavy (non-hydrogen) atoms. The molecule has 0 radical (unpaired) electrons. The Kier molecular flexibility index (Phi) is 2.32. The number of cyclic esters (lactones) is 1. The monoisotopic (exact) mass is 287 g/mol. The van der Waals surface area contributed by atoms with Gasteiger partial charge in [-0.2, -0.15) is 5.10 Å². The number of aromatic amines is 1. The van der Waals surface area contributed by atoms with Crippen molar-refractivity contribution in [2.75, 3.05) is 11.9 Å². The molecule has 1 atom stereocenters. The zero-order valence-electron chi connectivity index (χ0n) is 11.1. The van der Waals surface area contributed by atoms with E-state index in [0.717, 1.165) is 33.2 Å². The van der Waals surface area contributed by atoms with E-state index in [9.17, 15) is 4.79 Å². The molecule has 0 saturated heterocycles. The lowest BCUT2D eigenvalue weighted by molar-refractivity contribution is -0.136. The summed E-state index contributed by atoms with van der Waals surface area (Å²) in [5.74, 6) is 0.499. The first-order valence-corrected chi connectivity index (χ1v) is 7.25. The molecule has 0 bridgehead atoms. The molecule has 0 aromatic carbocycles. The predicted molar refractivity (Wildman–Crippen MR) is 75.8 cm³/mol. The highest BCUT2D eigenvalue weighted by atomic mass is 32.1. The second-order valence-corrected chi connectivity index (χ2v) is 6.41. The van der Waals surface area contributed by atoms with Crippen LogP contribution in [0, 0.1) is 13.8 Å². The van der Waals surface area contributed by atoms with Gasteiger partial charge in [-0.15, -0.1) is 11.3 Å². The summed E-state index contributed by atoms with van der Waals surface area (Å²) in [7, 11) is 0. The summed E-state index contributed by atoms with van der Waals surface area (Å²) in [4.78, 5) is 14.5. The number of esters is 1. The number of rotatable bonds is 1. The highest BCUT2D eigenvalue weighted by Gasteiger charge is 2.41. The Balaban J connectivity index is 1.96. The zero-order valence-corrected chi connectivity index (χ0v) is 11.9. The number of hydrogen-bond acceptors (Lipinski definition) is 5. The zero-order chi connectivity index (χ0) is 13.9. The van der Waals surface area contributed by atoms with Crippen molar-refractivity contribution in [3.63, 3.8) is 0 Å². The minimum absolute atomic E-state index is 0.0753. The normalized spacial score (nSPS) is 20.5. The number of thiophene rings is 1. The fourth-order valence-corrected chi connectivity index (χ4v) is 3.88. The van der Waals surface area contributed by atoms with Gasteiger partial charge in [0.25, 0.3) is 0 Å². The van der Waals surface area contributed by atoms with Crippen molar-refractivity contribution in [1.29, 1.82) is 0 Å². The maximum Gasteiger partial charge on any atom is 0.337 e. The molecule has 0 fully saturated rings. The number of aryl methyl sites for hydroxylation is 2. The number of nitrogens with zero attached hydrogens (tertiary/aromatic N) is 1. The summed E-state index contributed by atoms with van der Waals surface area (Å²) >= 11 is 1.71. The lowest BCUT2D eigenvalue weighted by Crippen LogP contribution is -2.19. The van der Waals surface area contributed by atoms with E-state index in [1.807, 2.05) is 6.92 Å². The number of carbonyl (C=O) groups excluding carboxylic acids is 1. The molecule has 5 nitrogen and oxygen atoms in total. The van der Waals surface area contributed by atoms with Crippen LogP contribution in [-0.2, 0) is 9.53 Å². The second-order valence-electron chi connectivity index (χ2n) is 5.09. The number of carbonyl (C=O) groups is 1. The van der Waals surface area contributed by atoms with Crippen molar-refractivity contribution in [3.8, 4) is 0 Å². The van der Waals surface area contributed by atoms with Gasteiger partial charge < -0.3 is 10.1 Å². The van der Waals surface area contributed by atoms with Crippen LogP contribution in [-0.4, -0.2) is 22.8 Å². The lowest BCUT2D eigenvalue weighted by Gasteiger charge is -2.22. The summed E-state index contributed by atoms with van der Waals surface area (Å²) < 4.78 is 5.19. The summed E-state index contributed by atoms with van der Waals surface area (Å²) in [6, 6.07) is 4.17. The highest BCUT2D eigenvalue weighted by molar-refractivity contribution is 7.12. The van der Waals surface area contributed by atoms with Crippen LogP contribution in [0.5, 0.6) is 0 Å². The Morgan fingerprint density at radius 3 is 3.00 bits per heavy atom. The van der Waals surface area contributed by atoms with Crippen molar-refractivity contribution in [3.05, 3.63) is 44.4 Å². The molecular formula is C14H13N3O2S. The van der Waals surface area contributed by atoms with Gasteiger partial charge in [-0.05, 0) is 26.0 Å². The average Bonchev–Trinajstić information content (AvgIpc) is 3.10. The van der Waals surface area contributed by atoms with Crippen molar-refractivity contribution >= 4 is 23.1 Å². The third-order valence-electron chi connectivity index (χ3n) is 3.78. The van der Waals surface area contributed by atoms with Crippen LogP contribution in [0.2, 0.25) is 0 Å². The molecule has 4 rings (SSSR count). The summed E-state index contributed by atoms with van der Waals surface area (Å²) in [6.07, 6.45) is 0. The number of aromatic nitrogens is 2. The molecule has 0 spiro atoms. The van der Waals surface area contributed by atoms with E-state index in [0.29, 0.717) is 6.61 Å². The SMILES string of the molecule is Cc1ccc(C2C3=C(COC3=O)Nc3n[nH]c(C)c32)s1. The minimum atomic E-state index is -0.227. The molecule has 2 aliphatic heterocycles. The largest absolute Gasteiger partial charge is 0.456 e. The molecule has 1 unspecified atom stereocenters. The van der Waals surface area contributed by atoms with Crippen LogP contribution in [0.15, 0.2) is 23.4 Å². The summed E-state index contributed by atoms with van der Waals surface area (Å²) in [5, 5.41) is 10.5. The van der Waals surface area contributed by atoms with Gasteiger partial charge in [-0.1, -0.05) is 0 Å². The van der Waals surface area contributed by atoms with E-state index in [-0.39, 0.29) is 11.9 Å². The molecule has 0 saturated carbocycles. The maximum absolute atomic E-state index is 12.1. The second kappa shape index (κ2) is 3.96. The van der Waals surface area contributed by atoms with Crippen molar-refractivity contribution in [2.24, 2.45) is 0 Å². The van der Waals surface area contributed by atoms with Gasteiger partial charge in [0.05, 0.1) is 17.2 Å². The number of fused-ring (bicyclic) bond motifs is 1. The first-order chi connectivity index (χ1) is 9.65. The molecule has 0 aliphatic carbocycles. The Bertz CT molecular complexity index is 756. The predicted octanol–water partition coefficient (Wildman–Crippen LogP) is 2.46. The fourth-order valence-electron chi connectivity index (χ4n) is 2.88. The number of nitrogens with one attached hydrogen (secondary N) is 2. The van der Waals surface area contributed by atoms with Gasteiger partial charge in [-0.25, -0.2) is 4.79 Å². The smallest absolute Gasteiger partial charge is 0.337 e. The van der Waals surface area contributed by atoms with Crippen molar-refractivity contribution in [1.82, 2.24) is 10.2 Å². The van der Waals surface area contributed by atoms with Crippen LogP contribution in [0.4, 0.5) is 5.82 Å². The quantitative estimate of drug-likeness (QED) is 0.791. The van der Waals surface area contributed by atoms with Crippen molar-refractivity contribution in [2.45, 2.75) is 19.8 Å². The maximum atomic E-state index is 12.1. The topological polar surface area (TPSA) is 67.0 Å². The van der Waals surface area contributed by atoms with Gasteiger partial charge >= 0.3 is 5.97 Å². The van der Waals surface area contributed by atoms with Gasteiger partial charge in [0.2, 0.25) is 0 Å². The molecular weight excluding hydrogens is 274 g/mol. The molecule has 6 heteroatoms. The van der Waals surface area contributed by atoms with Gasteiger partial charge in [0.1, 0.15) is 6.61 Å².